The Morgan fingerprint density at radius 1 is 1.40 bits per heavy atom. The molecule has 2 N–H and O–H groups in total. The van der Waals surface area contributed by atoms with Crippen LogP contribution in [0, 0.1) is 10.1 Å². The molecule has 1 aromatic rings. The van der Waals surface area contributed by atoms with E-state index in [1.807, 2.05) is 0 Å². The minimum atomic E-state index is -0.780. The summed E-state index contributed by atoms with van der Waals surface area (Å²) in [5.41, 5.74) is 4.76. The van der Waals surface area contributed by atoms with Gasteiger partial charge in [-0.15, -0.1) is 0 Å². The minimum absolute atomic E-state index is 0.000996. The number of nitro benzene ring substituents is 1. The van der Waals surface area contributed by atoms with Crippen LogP contribution < -0.4 is 5.73 Å². The maximum absolute atomic E-state index is 12.3. The van der Waals surface area contributed by atoms with E-state index in [2.05, 4.69) is 0 Å². The Kier molecular flexibility index (Phi) is 3.46. The molecule has 0 saturated carbocycles. The summed E-state index contributed by atoms with van der Waals surface area (Å²) in [7, 11) is 0. The summed E-state index contributed by atoms with van der Waals surface area (Å²) in [6.07, 6.45) is 1.45. The molecular formula is C12H10ClN3O4. The number of amides is 2. The molecule has 0 aliphatic carbocycles. The molecular weight excluding hydrogens is 286 g/mol. The number of hydrogen-bond donors (Lipinski definition) is 1. The van der Waals surface area contributed by atoms with Crippen molar-refractivity contribution in [2.45, 2.75) is 13.3 Å². The Morgan fingerprint density at radius 2 is 2.00 bits per heavy atom. The Labute approximate surface area is 118 Å². The number of halogens is 1. The lowest BCUT2D eigenvalue weighted by Crippen LogP contribution is -2.29. The first kappa shape index (κ1) is 14.0. The van der Waals surface area contributed by atoms with Gasteiger partial charge in [0.2, 0.25) is 0 Å². The highest BCUT2D eigenvalue weighted by Gasteiger charge is 2.43. The van der Waals surface area contributed by atoms with Gasteiger partial charge in [-0.25, -0.2) is 4.90 Å². The van der Waals surface area contributed by atoms with Crippen molar-refractivity contribution in [2.75, 3.05) is 0 Å². The molecule has 104 valence electrons. The Morgan fingerprint density at radius 3 is 2.50 bits per heavy atom. The molecule has 1 heterocycles. The lowest BCUT2D eigenvalue weighted by Gasteiger charge is -2.15. The Hall–Kier alpha value is -2.41. The van der Waals surface area contributed by atoms with Gasteiger partial charge in [-0.05, 0) is 12.5 Å². The zero-order valence-electron chi connectivity index (χ0n) is 10.4. The molecule has 0 unspecified atom stereocenters. The topological polar surface area (TPSA) is 107 Å². The number of fused-ring (bicyclic) bond motifs is 1. The van der Waals surface area contributed by atoms with Crippen LogP contribution in [-0.4, -0.2) is 21.6 Å². The van der Waals surface area contributed by atoms with Crippen LogP contribution in [0.1, 0.15) is 34.1 Å². The number of carbonyl (C=O) groups excluding carboxylic acids is 2. The van der Waals surface area contributed by atoms with Crippen LogP contribution in [0.15, 0.2) is 24.0 Å². The lowest BCUT2D eigenvalue weighted by molar-refractivity contribution is -0.385. The number of allylic oxidation sites excluding steroid dienone is 1. The summed E-state index contributed by atoms with van der Waals surface area (Å²) in [5, 5.41) is 11.0. The Balaban J connectivity index is 2.71. The third-order valence-electron chi connectivity index (χ3n) is 3.00. The molecule has 20 heavy (non-hydrogen) atoms. The highest BCUT2D eigenvalue weighted by Crippen LogP contribution is 2.37. The van der Waals surface area contributed by atoms with Crippen LogP contribution in [0.5, 0.6) is 0 Å². The van der Waals surface area contributed by atoms with Gasteiger partial charge in [-0.1, -0.05) is 18.5 Å². The minimum Gasteiger partial charge on any atom is -0.403 e. The van der Waals surface area contributed by atoms with E-state index in [-0.39, 0.29) is 21.8 Å². The smallest absolute Gasteiger partial charge is 0.283 e. The second-order valence-corrected chi connectivity index (χ2v) is 4.44. The van der Waals surface area contributed by atoms with Gasteiger partial charge in [-0.2, -0.15) is 0 Å². The number of nitrogens with two attached hydrogens (primary N) is 1. The number of hydrogen-bond acceptors (Lipinski definition) is 5. The van der Waals surface area contributed by atoms with Gasteiger partial charge in [0.25, 0.3) is 17.5 Å². The zero-order chi connectivity index (χ0) is 15.0. The fourth-order valence-corrected chi connectivity index (χ4v) is 2.31. The predicted octanol–water partition coefficient (Wildman–Crippen LogP) is 2.05. The van der Waals surface area contributed by atoms with E-state index >= 15 is 0 Å². The third-order valence-corrected chi connectivity index (χ3v) is 3.32. The normalized spacial score (nSPS) is 14.7. The average Bonchev–Trinajstić information content (AvgIpc) is 2.66. The maximum Gasteiger partial charge on any atom is 0.283 e. The van der Waals surface area contributed by atoms with E-state index in [1.54, 1.807) is 6.92 Å². The van der Waals surface area contributed by atoms with Crippen molar-refractivity contribution in [2.24, 2.45) is 5.73 Å². The van der Waals surface area contributed by atoms with E-state index < -0.39 is 22.4 Å². The molecule has 0 saturated heterocycles. The summed E-state index contributed by atoms with van der Waals surface area (Å²) in [4.78, 5) is 35.6. The number of rotatable bonds is 3. The largest absolute Gasteiger partial charge is 0.403 e. The molecule has 8 heteroatoms. The van der Waals surface area contributed by atoms with Gasteiger partial charge in [0, 0.05) is 18.0 Å². The van der Waals surface area contributed by atoms with Crippen LogP contribution in [0.2, 0.25) is 5.02 Å². The quantitative estimate of drug-likeness (QED) is 0.522. The van der Waals surface area contributed by atoms with Crippen molar-refractivity contribution in [3.63, 3.8) is 0 Å². The van der Waals surface area contributed by atoms with Crippen molar-refractivity contribution < 1.29 is 14.5 Å². The molecule has 0 bridgehead atoms. The van der Waals surface area contributed by atoms with Gasteiger partial charge in [0.1, 0.15) is 5.56 Å². The van der Waals surface area contributed by atoms with E-state index in [4.69, 9.17) is 17.3 Å². The molecule has 2 amide bonds. The van der Waals surface area contributed by atoms with Gasteiger partial charge < -0.3 is 5.73 Å². The summed E-state index contributed by atoms with van der Waals surface area (Å²) in [6, 6.07) is 2.33. The summed E-state index contributed by atoms with van der Waals surface area (Å²) < 4.78 is 0. The average molecular weight is 296 g/mol. The van der Waals surface area contributed by atoms with Crippen molar-refractivity contribution in [1.29, 1.82) is 0 Å². The third kappa shape index (κ3) is 1.83. The molecule has 1 aliphatic heterocycles. The van der Waals surface area contributed by atoms with E-state index in [9.17, 15) is 19.7 Å². The molecule has 2 rings (SSSR count). The van der Waals surface area contributed by atoms with Crippen LogP contribution >= 0.6 is 11.6 Å². The lowest BCUT2D eigenvalue weighted by atomic mass is 10.1. The Bertz CT molecular complexity index is 669. The number of imide groups is 1. The highest BCUT2D eigenvalue weighted by molar-refractivity contribution is 6.38. The fourth-order valence-electron chi connectivity index (χ4n) is 2.07. The van der Waals surface area contributed by atoms with Crippen LogP contribution in [0.3, 0.4) is 0 Å². The first-order chi connectivity index (χ1) is 9.43. The van der Waals surface area contributed by atoms with Crippen molar-refractivity contribution >= 4 is 29.1 Å². The van der Waals surface area contributed by atoms with Crippen molar-refractivity contribution in [1.82, 2.24) is 4.90 Å². The fraction of sp³-hybridized carbons (Fsp3) is 0.167. The molecule has 0 radical (unpaired) electrons. The van der Waals surface area contributed by atoms with E-state index in [1.165, 1.54) is 6.07 Å². The van der Waals surface area contributed by atoms with Crippen LogP contribution in [0.25, 0.3) is 0 Å². The highest BCUT2D eigenvalue weighted by atomic mass is 35.5. The molecule has 0 aromatic heterocycles. The SMILES string of the molecule is CC/C(=C\N)N1C(=O)c2c(Cl)ccc([N+](=O)[O-])c2C1=O. The molecule has 0 spiro atoms. The van der Waals surface area contributed by atoms with Crippen molar-refractivity contribution in [3.8, 4) is 0 Å². The summed E-state index contributed by atoms with van der Waals surface area (Å²) in [6.45, 7) is 1.71. The molecule has 0 fully saturated rings. The van der Waals surface area contributed by atoms with Gasteiger partial charge in [0.15, 0.2) is 0 Å². The van der Waals surface area contributed by atoms with Crippen LogP contribution in [0.4, 0.5) is 5.69 Å². The number of nitrogens with zero attached hydrogens (tertiary/aromatic N) is 2. The summed E-state index contributed by atoms with van der Waals surface area (Å²) >= 11 is 5.89. The van der Waals surface area contributed by atoms with Crippen LogP contribution in [-0.2, 0) is 0 Å². The molecule has 7 nitrogen and oxygen atoms in total. The zero-order valence-corrected chi connectivity index (χ0v) is 11.2. The monoisotopic (exact) mass is 295 g/mol. The maximum atomic E-state index is 12.3. The van der Waals surface area contributed by atoms with Gasteiger partial charge >= 0.3 is 0 Å². The van der Waals surface area contributed by atoms with E-state index in [0.717, 1.165) is 17.2 Å². The van der Waals surface area contributed by atoms with Crippen molar-refractivity contribution in [3.05, 3.63) is 50.3 Å². The molecule has 1 aliphatic rings. The second kappa shape index (κ2) is 4.93. The summed E-state index contributed by atoms with van der Waals surface area (Å²) in [5.74, 6) is -1.48. The second-order valence-electron chi connectivity index (χ2n) is 4.03. The number of benzene rings is 1. The number of nitro groups is 1. The van der Waals surface area contributed by atoms with Gasteiger partial charge in [0.05, 0.1) is 15.5 Å². The first-order valence-electron chi connectivity index (χ1n) is 5.70. The predicted molar refractivity (Wildman–Crippen MR) is 71.2 cm³/mol. The first-order valence-corrected chi connectivity index (χ1v) is 6.08. The van der Waals surface area contributed by atoms with Gasteiger partial charge in [-0.3, -0.25) is 19.7 Å². The number of carbonyl (C=O) groups is 2. The molecule has 1 aromatic carbocycles. The standard InChI is InChI=1S/C12H10ClN3O4/c1-2-6(5-14)15-11(17)9-7(13)3-4-8(16(19)20)10(9)12(15)18/h3-5H,2,14H2,1H3/b6-5+. The van der Waals surface area contributed by atoms with E-state index in [0.29, 0.717) is 6.42 Å². The molecule has 0 atom stereocenters.